The average Bonchev–Trinajstić information content (AvgIpc) is 2.81. The summed E-state index contributed by atoms with van der Waals surface area (Å²) in [6.45, 7) is 0. The van der Waals surface area contributed by atoms with Crippen LogP contribution in [0.1, 0.15) is 56.3 Å². The Morgan fingerprint density at radius 3 is 2.41 bits per heavy atom. The van der Waals surface area contributed by atoms with Gasteiger partial charge in [0.25, 0.3) is 0 Å². The third-order valence-electron chi connectivity index (χ3n) is 5.36. The highest BCUT2D eigenvalue weighted by Gasteiger charge is 2.10. The third kappa shape index (κ3) is 6.70. The molecule has 1 amide bonds. The lowest BCUT2D eigenvalue weighted by Gasteiger charge is -2.07. The molecule has 1 heterocycles. The van der Waals surface area contributed by atoms with E-state index in [9.17, 15) is 9.59 Å². The van der Waals surface area contributed by atoms with Gasteiger partial charge in [0, 0.05) is 18.2 Å². The molecule has 0 bridgehead atoms. The smallest absolute Gasteiger partial charge is 0.224 e. The first-order valence-electron chi connectivity index (χ1n) is 11.0. The standard InChI is InChI=1S/C25H30N4O3/c26-25(29-27)23-17-21(30)20-16-19(14-15-22(20)32-23)28-24(31)13-9-4-2-1-3-6-10-18-11-7-5-8-12-18/h5,7-8,11-12,14-17H,1-4,6,9-10,13,27H2,(H2,26,29)(H,28,31). The molecule has 0 aliphatic rings. The number of benzene rings is 2. The van der Waals surface area contributed by atoms with Crippen LogP contribution in [0, 0.1) is 0 Å². The lowest BCUT2D eigenvalue weighted by molar-refractivity contribution is -0.116. The van der Waals surface area contributed by atoms with Gasteiger partial charge in [0.15, 0.2) is 17.0 Å². The van der Waals surface area contributed by atoms with Crippen molar-refractivity contribution in [3.63, 3.8) is 0 Å². The van der Waals surface area contributed by atoms with Crippen LogP contribution in [-0.4, -0.2) is 11.7 Å². The summed E-state index contributed by atoms with van der Waals surface area (Å²) in [4.78, 5) is 24.6. The molecule has 0 radical (unpaired) electrons. The van der Waals surface area contributed by atoms with Gasteiger partial charge >= 0.3 is 0 Å². The number of carbonyl (C=O) groups excluding carboxylic acids is 1. The summed E-state index contributed by atoms with van der Waals surface area (Å²) in [5.74, 6) is 5.13. The van der Waals surface area contributed by atoms with Gasteiger partial charge in [-0.25, -0.2) is 0 Å². The molecule has 32 heavy (non-hydrogen) atoms. The van der Waals surface area contributed by atoms with Crippen molar-refractivity contribution in [2.45, 2.75) is 51.4 Å². The van der Waals surface area contributed by atoms with E-state index in [1.807, 2.05) is 6.07 Å². The van der Waals surface area contributed by atoms with Gasteiger partial charge in [-0.3, -0.25) is 9.59 Å². The normalized spacial score (nSPS) is 11.6. The Hall–Kier alpha value is -3.61. The van der Waals surface area contributed by atoms with Gasteiger partial charge in [0.2, 0.25) is 5.91 Å². The number of aryl methyl sites for hydroxylation is 1. The molecule has 0 spiro atoms. The fourth-order valence-electron chi connectivity index (χ4n) is 3.61. The first-order valence-corrected chi connectivity index (χ1v) is 11.0. The van der Waals surface area contributed by atoms with E-state index in [0.29, 0.717) is 23.1 Å². The topological polar surface area (TPSA) is 124 Å². The largest absolute Gasteiger partial charge is 0.452 e. The fourth-order valence-corrected chi connectivity index (χ4v) is 3.61. The van der Waals surface area contributed by atoms with E-state index in [-0.39, 0.29) is 22.9 Å². The molecule has 0 unspecified atom stereocenters. The number of fused-ring (bicyclic) bond motifs is 1. The predicted molar refractivity (Wildman–Crippen MR) is 128 cm³/mol. The number of hydrazone groups is 1. The van der Waals surface area contributed by atoms with Crippen molar-refractivity contribution in [2.24, 2.45) is 16.7 Å². The molecular formula is C25H30N4O3. The Morgan fingerprint density at radius 1 is 0.938 bits per heavy atom. The Morgan fingerprint density at radius 2 is 1.66 bits per heavy atom. The van der Waals surface area contributed by atoms with E-state index in [1.165, 1.54) is 30.9 Å². The van der Waals surface area contributed by atoms with Crippen molar-refractivity contribution < 1.29 is 9.21 Å². The molecule has 3 aromatic rings. The number of carbonyl (C=O) groups is 1. The van der Waals surface area contributed by atoms with Crippen molar-refractivity contribution in [2.75, 3.05) is 5.32 Å². The number of anilines is 1. The summed E-state index contributed by atoms with van der Waals surface area (Å²) >= 11 is 0. The number of nitrogens with one attached hydrogen (secondary N) is 1. The molecular weight excluding hydrogens is 404 g/mol. The second kappa shape index (κ2) is 11.7. The maximum Gasteiger partial charge on any atom is 0.224 e. The molecule has 0 aliphatic carbocycles. The summed E-state index contributed by atoms with van der Waals surface area (Å²) in [6, 6.07) is 16.7. The van der Waals surface area contributed by atoms with E-state index >= 15 is 0 Å². The molecule has 0 aliphatic heterocycles. The van der Waals surface area contributed by atoms with Gasteiger partial charge in [-0.2, -0.15) is 5.10 Å². The molecule has 7 heteroatoms. The van der Waals surface area contributed by atoms with Gasteiger partial charge < -0.3 is 21.3 Å². The number of unbranched alkanes of at least 4 members (excludes halogenated alkanes) is 5. The highest BCUT2D eigenvalue weighted by atomic mass is 16.3. The van der Waals surface area contributed by atoms with E-state index in [4.69, 9.17) is 16.0 Å². The van der Waals surface area contributed by atoms with Crippen molar-refractivity contribution in [3.05, 3.63) is 76.1 Å². The molecule has 0 saturated carbocycles. The zero-order valence-corrected chi connectivity index (χ0v) is 18.2. The van der Waals surface area contributed by atoms with Crippen LogP contribution in [-0.2, 0) is 11.2 Å². The van der Waals surface area contributed by atoms with Crippen LogP contribution in [0.15, 0.2) is 68.9 Å². The molecule has 168 valence electrons. The van der Waals surface area contributed by atoms with E-state index in [1.54, 1.807) is 18.2 Å². The van der Waals surface area contributed by atoms with E-state index in [2.05, 4.69) is 34.7 Å². The molecule has 2 aromatic carbocycles. The van der Waals surface area contributed by atoms with Crippen molar-refractivity contribution in [1.29, 1.82) is 0 Å². The van der Waals surface area contributed by atoms with Gasteiger partial charge in [0.05, 0.1) is 5.39 Å². The monoisotopic (exact) mass is 434 g/mol. The number of hydrogen-bond donors (Lipinski definition) is 3. The van der Waals surface area contributed by atoms with Gasteiger partial charge in [-0.05, 0) is 43.0 Å². The first kappa shape index (κ1) is 23.1. The average molecular weight is 435 g/mol. The summed E-state index contributed by atoms with van der Waals surface area (Å²) in [5, 5.41) is 6.54. The molecule has 7 nitrogen and oxygen atoms in total. The van der Waals surface area contributed by atoms with Crippen molar-refractivity contribution in [3.8, 4) is 0 Å². The van der Waals surface area contributed by atoms with Crippen LogP contribution in [0.3, 0.4) is 0 Å². The minimum Gasteiger partial charge on any atom is -0.452 e. The van der Waals surface area contributed by atoms with Crippen molar-refractivity contribution in [1.82, 2.24) is 0 Å². The summed E-state index contributed by atoms with van der Waals surface area (Å²) in [5.41, 5.74) is 7.62. The zero-order valence-electron chi connectivity index (χ0n) is 18.2. The van der Waals surface area contributed by atoms with Crippen LogP contribution >= 0.6 is 0 Å². The number of rotatable bonds is 11. The lowest BCUT2D eigenvalue weighted by atomic mass is 10.0. The number of amides is 1. The third-order valence-corrected chi connectivity index (χ3v) is 5.36. The summed E-state index contributed by atoms with van der Waals surface area (Å²) in [7, 11) is 0. The highest BCUT2D eigenvalue weighted by molar-refractivity contribution is 5.97. The minimum atomic E-state index is -0.281. The second-order valence-electron chi connectivity index (χ2n) is 7.86. The Kier molecular flexibility index (Phi) is 8.43. The Balaban J connectivity index is 1.38. The van der Waals surface area contributed by atoms with Crippen LogP contribution in [0.25, 0.3) is 11.0 Å². The van der Waals surface area contributed by atoms with Gasteiger partial charge in [-0.1, -0.05) is 56.0 Å². The number of nitrogens with zero attached hydrogens (tertiary/aromatic N) is 1. The van der Waals surface area contributed by atoms with Gasteiger partial charge in [-0.15, -0.1) is 0 Å². The number of amidine groups is 1. The van der Waals surface area contributed by atoms with Crippen LogP contribution in [0.5, 0.6) is 0 Å². The number of hydrogen-bond acceptors (Lipinski definition) is 5. The predicted octanol–water partition coefficient (Wildman–Crippen LogP) is 4.28. The quantitative estimate of drug-likeness (QED) is 0.137. The zero-order chi connectivity index (χ0) is 22.8. The minimum absolute atomic E-state index is 0.0578. The molecule has 3 rings (SSSR count). The second-order valence-corrected chi connectivity index (χ2v) is 7.86. The molecule has 0 fully saturated rings. The van der Waals surface area contributed by atoms with E-state index < -0.39 is 0 Å². The molecule has 5 N–H and O–H groups in total. The first-order chi connectivity index (χ1) is 15.6. The molecule has 1 aromatic heterocycles. The van der Waals surface area contributed by atoms with E-state index in [0.717, 1.165) is 25.7 Å². The van der Waals surface area contributed by atoms with Crippen LogP contribution in [0.4, 0.5) is 5.69 Å². The summed E-state index contributed by atoms with van der Waals surface area (Å²) < 4.78 is 5.55. The molecule has 0 atom stereocenters. The molecule has 0 saturated heterocycles. The maximum absolute atomic E-state index is 12.3. The Labute approximate surface area is 187 Å². The lowest BCUT2D eigenvalue weighted by Crippen LogP contribution is -2.18. The highest BCUT2D eigenvalue weighted by Crippen LogP contribution is 2.18. The number of nitrogens with two attached hydrogens (primary N) is 2. The SMILES string of the molecule is NN=C(N)c1cc(=O)c2cc(NC(=O)CCCCCCCCc3ccccc3)ccc2o1. The maximum atomic E-state index is 12.3. The van der Waals surface area contributed by atoms with Crippen LogP contribution in [0.2, 0.25) is 0 Å². The Bertz CT molecular complexity index is 1120. The fraction of sp³-hybridized carbons (Fsp3) is 0.320. The summed E-state index contributed by atoms with van der Waals surface area (Å²) in [6.07, 6.45) is 8.21. The van der Waals surface area contributed by atoms with Crippen molar-refractivity contribution >= 4 is 28.4 Å². The van der Waals surface area contributed by atoms with Gasteiger partial charge in [0.1, 0.15) is 5.58 Å². The van der Waals surface area contributed by atoms with Crippen LogP contribution < -0.4 is 22.3 Å².